The number of hydrogen-bond acceptors (Lipinski definition) is 5. The Morgan fingerprint density at radius 2 is 2.12 bits per heavy atom. The van der Waals surface area contributed by atoms with Crippen LogP contribution in [0.15, 0.2) is 47.1 Å². The maximum absolute atomic E-state index is 12.2. The van der Waals surface area contributed by atoms with Gasteiger partial charge in [0.25, 0.3) is 5.91 Å². The van der Waals surface area contributed by atoms with E-state index in [1.807, 2.05) is 0 Å². The predicted octanol–water partition coefficient (Wildman–Crippen LogP) is 3.57. The Bertz CT molecular complexity index is 900. The molecule has 2 aromatic heterocycles. The third-order valence-electron chi connectivity index (χ3n) is 3.58. The summed E-state index contributed by atoms with van der Waals surface area (Å²) in [6, 6.07) is 8.61. The minimum atomic E-state index is -0.493. The zero-order valence-electron chi connectivity index (χ0n) is 13.3. The van der Waals surface area contributed by atoms with Gasteiger partial charge in [0.2, 0.25) is 5.76 Å². The second-order valence-electron chi connectivity index (χ2n) is 5.18. The van der Waals surface area contributed by atoms with E-state index in [-0.39, 0.29) is 18.3 Å². The van der Waals surface area contributed by atoms with Crippen molar-refractivity contribution in [3.63, 3.8) is 0 Å². The molecule has 0 radical (unpaired) electrons. The summed E-state index contributed by atoms with van der Waals surface area (Å²) in [6.07, 6.45) is 3.09. The number of aryl methyl sites for hydroxylation is 1. The van der Waals surface area contributed by atoms with Gasteiger partial charge < -0.3 is 14.5 Å². The van der Waals surface area contributed by atoms with Gasteiger partial charge in [0.05, 0.1) is 12.2 Å². The number of rotatable bonds is 4. The first-order chi connectivity index (χ1) is 11.6. The van der Waals surface area contributed by atoms with Crippen LogP contribution in [0.1, 0.15) is 33.4 Å². The van der Waals surface area contributed by atoms with Gasteiger partial charge in [0.1, 0.15) is 5.58 Å². The lowest BCUT2D eigenvalue weighted by Crippen LogP contribution is -2.11. The number of ether oxygens (including phenoxy) is 1. The molecule has 0 saturated heterocycles. The molecule has 1 aromatic carbocycles. The minimum Gasteiger partial charge on any atom is -0.460 e. The number of carbonyl (C=O) groups excluding carboxylic acids is 2. The SMILES string of the molecule is CCOC(=O)c1oc2cc(NC(=O)c3cccnc3)ccc2c1C. The van der Waals surface area contributed by atoms with Crippen molar-refractivity contribution in [3.8, 4) is 0 Å². The number of nitrogens with one attached hydrogen (secondary N) is 1. The molecule has 0 bridgehead atoms. The van der Waals surface area contributed by atoms with Crippen LogP contribution in [0.25, 0.3) is 11.0 Å². The number of esters is 1. The van der Waals surface area contributed by atoms with E-state index in [1.54, 1.807) is 50.4 Å². The first-order valence-corrected chi connectivity index (χ1v) is 7.51. The van der Waals surface area contributed by atoms with Gasteiger partial charge in [-0.25, -0.2) is 4.79 Å². The van der Waals surface area contributed by atoms with Crippen LogP contribution in [0.3, 0.4) is 0 Å². The van der Waals surface area contributed by atoms with Crippen LogP contribution in [0.2, 0.25) is 0 Å². The van der Waals surface area contributed by atoms with E-state index in [2.05, 4.69) is 10.3 Å². The van der Waals surface area contributed by atoms with E-state index >= 15 is 0 Å². The zero-order chi connectivity index (χ0) is 17.1. The summed E-state index contributed by atoms with van der Waals surface area (Å²) in [7, 11) is 0. The van der Waals surface area contributed by atoms with Gasteiger partial charge in [-0.15, -0.1) is 0 Å². The molecular weight excluding hydrogens is 308 g/mol. The molecule has 1 N–H and O–H groups in total. The van der Waals surface area contributed by atoms with Crippen LogP contribution >= 0.6 is 0 Å². The Morgan fingerprint density at radius 3 is 2.83 bits per heavy atom. The van der Waals surface area contributed by atoms with Gasteiger partial charge in [0.15, 0.2) is 0 Å². The highest BCUT2D eigenvalue weighted by Gasteiger charge is 2.19. The summed E-state index contributed by atoms with van der Waals surface area (Å²) < 4.78 is 10.6. The van der Waals surface area contributed by atoms with Crippen molar-refractivity contribution in [3.05, 3.63) is 59.6 Å². The Kier molecular flexibility index (Phi) is 4.29. The average Bonchev–Trinajstić information content (AvgIpc) is 2.92. The van der Waals surface area contributed by atoms with Crippen LogP contribution in [-0.4, -0.2) is 23.5 Å². The van der Waals surface area contributed by atoms with Gasteiger partial charge in [0, 0.05) is 35.1 Å². The number of carbonyl (C=O) groups is 2. The standard InChI is InChI=1S/C18H16N2O4/c1-3-23-18(22)16-11(2)14-7-6-13(9-15(14)24-16)20-17(21)12-5-4-8-19-10-12/h4-10H,3H2,1-2H3,(H,20,21). The molecule has 3 rings (SSSR count). The summed E-state index contributed by atoms with van der Waals surface area (Å²) >= 11 is 0. The third-order valence-corrected chi connectivity index (χ3v) is 3.58. The summed E-state index contributed by atoms with van der Waals surface area (Å²) in [5.41, 5.74) is 2.26. The normalized spacial score (nSPS) is 10.6. The highest BCUT2D eigenvalue weighted by molar-refractivity contribution is 6.05. The van der Waals surface area contributed by atoms with Gasteiger partial charge in [-0.2, -0.15) is 0 Å². The molecule has 0 unspecified atom stereocenters. The fraction of sp³-hybridized carbons (Fsp3) is 0.167. The number of furan rings is 1. The predicted molar refractivity (Wildman–Crippen MR) is 89.1 cm³/mol. The largest absolute Gasteiger partial charge is 0.460 e. The van der Waals surface area contributed by atoms with Crippen molar-refractivity contribution in [1.82, 2.24) is 4.98 Å². The van der Waals surface area contributed by atoms with Crippen LogP contribution < -0.4 is 5.32 Å². The second kappa shape index (κ2) is 6.54. The molecule has 0 spiro atoms. The Balaban J connectivity index is 1.89. The highest BCUT2D eigenvalue weighted by Crippen LogP contribution is 2.28. The first-order valence-electron chi connectivity index (χ1n) is 7.51. The molecule has 0 atom stereocenters. The third kappa shape index (κ3) is 2.99. The molecule has 0 aliphatic rings. The van der Waals surface area contributed by atoms with Crippen molar-refractivity contribution in [2.75, 3.05) is 11.9 Å². The van der Waals surface area contributed by atoms with Crippen LogP contribution in [-0.2, 0) is 4.74 Å². The van der Waals surface area contributed by atoms with Crippen molar-refractivity contribution < 1.29 is 18.7 Å². The fourth-order valence-electron chi connectivity index (χ4n) is 2.39. The van der Waals surface area contributed by atoms with Crippen molar-refractivity contribution in [2.24, 2.45) is 0 Å². The number of hydrogen-bond donors (Lipinski definition) is 1. The number of anilines is 1. The number of benzene rings is 1. The van der Waals surface area contributed by atoms with Gasteiger partial charge in [-0.05, 0) is 38.1 Å². The lowest BCUT2D eigenvalue weighted by molar-refractivity contribution is 0.0491. The number of pyridine rings is 1. The van der Waals surface area contributed by atoms with Crippen LogP contribution in [0.5, 0.6) is 0 Å². The Morgan fingerprint density at radius 1 is 1.29 bits per heavy atom. The van der Waals surface area contributed by atoms with E-state index in [4.69, 9.17) is 9.15 Å². The lowest BCUT2D eigenvalue weighted by Gasteiger charge is -2.04. The molecule has 6 nitrogen and oxygen atoms in total. The summed E-state index contributed by atoms with van der Waals surface area (Å²) in [4.78, 5) is 28.0. The quantitative estimate of drug-likeness (QED) is 0.742. The number of nitrogens with zero attached hydrogens (tertiary/aromatic N) is 1. The Labute approximate surface area is 138 Å². The highest BCUT2D eigenvalue weighted by atomic mass is 16.5. The van der Waals surface area contributed by atoms with E-state index in [1.165, 1.54) is 6.20 Å². The summed E-state index contributed by atoms with van der Waals surface area (Å²) in [5.74, 6) is -0.578. The molecule has 0 saturated carbocycles. The first kappa shape index (κ1) is 15.7. The number of fused-ring (bicyclic) bond motifs is 1. The maximum atomic E-state index is 12.2. The molecule has 122 valence electrons. The average molecular weight is 324 g/mol. The van der Waals surface area contributed by atoms with E-state index in [0.717, 1.165) is 5.39 Å². The summed E-state index contributed by atoms with van der Waals surface area (Å²) in [6.45, 7) is 3.82. The molecule has 0 aliphatic carbocycles. The van der Waals surface area contributed by atoms with Crippen LogP contribution in [0.4, 0.5) is 5.69 Å². The molecule has 2 heterocycles. The van der Waals surface area contributed by atoms with E-state index in [9.17, 15) is 9.59 Å². The summed E-state index contributed by atoms with van der Waals surface area (Å²) in [5, 5.41) is 3.58. The molecular formula is C18H16N2O4. The topological polar surface area (TPSA) is 81.4 Å². The second-order valence-corrected chi connectivity index (χ2v) is 5.18. The molecule has 6 heteroatoms. The fourth-order valence-corrected chi connectivity index (χ4v) is 2.39. The molecule has 1 amide bonds. The van der Waals surface area contributed by atoms with Gasteiger partial charge in [-0.3, -0.25) is 9.78 Å². The monoisotopic (exact) mass is 324 g/mol. The maximum Gasteiger partial charge on any atom is 0.374 e. The van der Waals surface area contributed by atoms with Crippen molar-refractivity contribution >= 4 is 28.5 Å². The number of aromatic nitrogens is 1. The van der Waals surface area contributed by atoms with Gasteiger partial charge in [-0.1, -0.05) is 0 Å². The number of amides is 1. The zero-order valence-corrected chi connectivity index (χ0v) is 13.3. The molecule has 24 heavy (non-hydrogen) atoms. The van der Waals surface area contributed by atoms with E-state index < -0.39 is 5.97 Å². The van der Waals surface area contributed by atoms with Crippen molar-refractivity contribution in [1.29, 1.82) is 0 Å². The lowest BCUT2D eigenvalue weighted by atomic mass is 10.1. The molecule has 3 aromatic rings. The van der Waals surface area contributed by atoms with Crippen molar-refractivity contribution in [2.45, 2.75) is 13.8 Å². The van der Waals surface area contributed by atoms with E-state index in [0.29, 0.717) is 22.4 Å². The Hall–Kier alpha value is -3.15. The molecule has 0 aliphatic heterocycles. The van der Waals surface area contributed by atoms with Crippen LogP contribution in [0, 0.1) is 6.92 Å². The molecule has 0 fully saturated rings. The smallest absolute Gasteiger partial charge is 0.374 e. The minimum absolute atomic E-state index is 0.183. The van der Waals surface area contributed by atoms with Gasteiger partial charge >= 0.3 is 5.97 Å².